The summed E-state index contributed by atoms with van der Waals surface area (Å²) in [5.41, 5.74) is 2.83. The van der Waals surface area contributed by atoms with Crippen LogP contribution in [0.3, 0.4) is 0 Å². The van der Waals surface area contributed by atoms with Gasteiger partial charge in [0.15, 0.2) is 0 Å². The number of hydrogen-bond acceptors (Lipinski definition) is 3. The predicted molar refractivity (Wildman–Crippen MR) is 85.1 cm³/mol. The van der Waals surface area contributed by atoms with Crippen LogP contribution in [-0.4, -0.2) is 36.7 Å². The van der Waals surface area contributed by atoms with E-state index in [-0.39, 0.29) is 0 Å². The molecule has 1 aromatic carbocycles. The van der Waals surface area contributed by atoms with Crippen LogP contribution in [0.1, 0.15) is 30.9 Å². The summed E-state index contributed by atoms with van der Waals surface area (Å²) in [6.07, 6.45) is 3.75. The minimum absolute atomic E-state index is 0.293. The number of nitrogens with zero attached hydrogens (tertiary/aromatic N) is 1. The molecule has 1 aromatic rings. The van der Waals surface area contributed by atoms with Crippen LogP contribution >= 0.6 is 11.6 Å². The molecular weight excluding hydrogens is 284 g/mol. The second-order valence-electron chi connectivity index (χ2n) is 6.98. The first-order valence-corrected chi connectivity index (χ1v) is 8.43. The number of benzene rings is 1. The minimum atomic E-state index is 0.293. The van der Waals surface area contributed by atoms with Crippen molar-refractivity contribution < 1.29 is 4.74 Å². The molecule has 3 nitrogen and oxygen atoms in total. The maximum absolute atomic E-state index is 6.28. The van der Waals surface area contributed by atoms with Gasteiger partial charge in [0.05, 0.1) is 6.61 Å². The summed E-state index contributed by atoms with van der Waals surface area (Å²) < 4.78 is 5.84. The minimum Gasteiger partial charge on any atom is -0.493 e. The third kappa shape index (κ3) is 2.67. The maximum Gasteiger partial charge on any atom is 0.127 e. The molecule has 1 saturated carbocycles. The van der Waals surface area contributed by atoms with Crippen molar-refractivity contribution in [2.45, 2.75) is 38.3 Å². The first kappa shape index (κ1) is 13.9. The highest BCUT2D eigenvalue weighted by Crippen LogP contribution is 2.41. The molecular formula is C17H23ClN2O. The SMILES string of the molecule is CC1(C2CC2)CN(Cc2cc(Cl)cc3c2OCC3)CCN1. The van der Waals surface area contributed by atoms with E-state index in [0.29, 0.717) is 5.54 Å². The number of ether oxygens (including phenoxy) is 1. The van der Waals surface area contributed by atoms with E-state index >= 15 is 0 Å². The zero-order valence-electron chi connectivity index (χ0n) is 12.6. The van der Waals surface area contributed by atoms with Crippen molar-refractivity contribution in [2.24, 2.45) is 5.92 Å². The van der Waals surface area contributed by atoms with Crippen LogP contribution in [0.2, 0.25) is 5.02 Å². The Labute approximate surface area is 131 Å². The standard InChI is InChI=1S/C17H23ClN2O/c1-17(14-2-3-14)11-20(6-5-19-17)10-13-9-15(18)8-12-4-7-21-16(12)13/h8-9,14,19H,2-7,10-11H2,1H3. The van der Waals surface area contributed by atoms with E-state index in [1.165, 1.54) is 24.0 Å². The summed E-state index contributed by atoms with van der Waals surface area (Å²) in [6, 6.07) is 4.14. The molecule has 0 radical (unpaired) electrons. The molecule has 4 heteroatoms. The van der Waals surface area contributed by atoms with Crippen molar-refractivity contribution >= 4 is 11.6 Å². The Hall–Kier alpha value is -0.770. The molecule has 0 aromatic heterocycles. The maximum atomic E-state index is 6.28. The first-order chi connectivity index (χ1) is 10.1. The molecule has 114 valence electrons. The summed E-state index contributed by atoms with van der Waals surface area (Å²) in [4.78, 5) is 2.56. The molecule has 1 saturated heterocycles. The first-order valence-electron chi connectivity index (χ1n) is 8.05. The van der Waals surface area contributed by atoms with Gasteiger partial charge in [-0.25, -0.2) is 0 Å². The van der Waals surface area contributed by atoms with Gasteiger partial charge in [-0.05, 0) is 43.4 Å². The zero-order valence-corrected chi connectivity index (χ0v) is 13.4. The normalized spacial score (nSPS) is 29.2. The lowest BCUT2D eigenvalue weighted by Gasteiger charge is -2.42. The molecule has 4 rings (SSSR count). The topological polar surface area (TPSA) is 24.5 Å². The van der Waals surface area contributed by atoms with Crippen LogP contribution in [0, 0.1) is 5.92 Å². The Morgan fingerprint density at radius 1 is 1.43 bits per heavy atom. The van der Waals surface area contributed by atoms with Gasteiger partial charge in [-0.1, -0.05) is 11.6 Å². The molecule has 3 aliphatic rings. The summed E-state index contributed by atoms with van der Waals surface area (Å²) in [6.45, 7) is 7.44. The predicted octanol–water partition coefficient (Wildman–Crippen LogP) is 2.85. The van der Waals surface area contributed by atoms with Gasteiger partial charge in [-0.3, -0.25) is 4.90 Å². The van der Waals surface area contributed by atoms with Gasteiger partial charge >= 0.3 is 0 Å². The third-order valence-electron chi connectivity index (χ3n) is 5.21. The van der Waals surface area contributed by atoms with Crippen molar-refractivity contribution in [1.82, 2.24) is 10.2 Å². The fourth-order valence-electron chi connectivity index (χ4n) is 3.93. The van der Waals surface area contributed by atoms with Crippen LogP contribution < -0.4 is 10.1 Å². The number of nitrogens with one attached hydrogen (secondary N) is 1. The van der Waals surface area contributed by atoms with Gasteiger partial charge in [-0.2, -0.15) is 0 Å². The molecule has 0 amide bonds. The highest BCUT2D eigenvalue weighted by Gasteiger charge is 2.43. The number of fused-ring (bicyclic) bond motifs is 1. The smallest absolute Gasteiger partial charge is 0.127 e. The molecule has 1 unspecified atom stereocenters. The van der Waals surface area contributed by atoms with Crippen molar-refractivity contribution in [3.63, 3.8) is 0 Å². The van der Waals surface area contributed by atoms with Crippen molar-refractivity contribution in [3.8, 4) is 5.75 Å². The Kier molecular flexibility index (Phi) is 3.40. The highest BCUT2D eigenvalue weighted by atomic mass is 35.5. The highest BCUT2D eigenvalue weighted by molar-refractivity contribution is 6.30. The summed E-state index contributed by atoms with van der Waals surface area (Å²) in [5.74, 6) is 1.95. The number of rotatable bonds is 3. The van der Waals surface area contributed by atoms with Gasteiger partial charge in [0.25, 0.3) is 0 Å². The van der Waals surface area contributed by atoms with Crippen molar-refractivity contribution in [3.05, 3.63) is 28.3 Å². The van der Waals surface area contributed by atoms with Crippen LogP contribution in [0.5, 0.6) is 5.75 Å². The van der Waals surface area contributed by atoms with Gasteiger partial charge < -0.3 is 10.1 Å². The van der Waals surface area contributed by atoms with E-state index in [4.69, 9.17) is 16.3 Å². The number of halogens is 1. The van der Waals surface area contributed by atoms with Gasteiger partial charge in [-0.15, -0.1) is 0 Å². The lowest BCUT2D eigenvalue weighted by Crippen LogP contribution is -2.59. The summed E-state index contributed by atoms with van der Waals surface area (Å²) in [5, 5.41) is 4.58. The molecule has 0 bridgehead atoms. The Morgan fingerprint density at radius 2 is 2.29 bits per heavy atom. The molecule has 0 spiro atoms. The van der Waals surface area contributed by atoms with E-state index in [9.17, 15) is 0 Å². The lowest BCUT2D eigenvalue weighted by atomic mass is 9.92. The molecule has 1 aliphatic carbocycles. The van der Waals surface area contributed by atoms with Gasteiger partial charge in [0.2, 0.25) is 0 Å². The quantitative estimate of drug-likeness (QED) is 0.929. The largest absolute Gasteiger partial charge is 0.493 e. The van der Waals surface area contributed by atoms with E-state index in [1.54, 1.807) is 0 Å². The summed E-state index contributed by atoms with van der Waals surface area (Å²) >= 11 is 6.28. The molecule has 21 heavy (non-hydrogen) atoms. The van der Waals surface area contributed by atoms with Crippen LogP contribution in [-0.2, 0) is 13.0 Å². The van der Waals surface area contributed by atoms with Crippen molar-refractivity contribution in [2.75, 3.05) is 26.2 Å². The Balaban J connectivity index is 1.53. The zero-order chi connectivity index (χ0) is 14.4. The molecule has 1 N–H and O–H groups in total. The van der Waals surface area contributed by atoms with E-state index in [2.05, 4.69) is 29.3 Å². The molecule has 2 fully saturated rings. The average molecular weight is 307 g/mol. The lowest BCUT2D eigenvalue weighted by molar-refractivity contribution is 0.120. The van der Waals surface area contributed by atoms with Crippen LogP contribution in [0.15, 0.2) is 12.1 Å². The molecule has 1 atom stereocenters. The van der Waals surface area contributed by atoms with E-state index in [0.717, 1.165) is 55.9 Å². The second kappa shape index (κ2) is 5.15. The average Bonchev–Trinajstić information content (AvgIpc) is 3.19. The third-order valence-corrected chi connectivity index (χ3v) is 5.42. The fourth-order valence-corrected chi connectivity index (χ4v) is 4.20. The summed E-state index contributed by atoms with van der Waals surface area (Å²) in [7, 11) is 0. The number of hydrogen-bond donors (Lipinski definition) is 1. The van der Waals surface area contributed by atoms with Crippen LogP contribution in [0.4, 0.5) is 0 Å². The Bertz CT molecular complexity index is 558. The Morgan fingerprint density at radius 3 is 3.10 bits per heavy atom. The van der Waals surface area contributed by atoms with E-state index in [1.807, 2.05) is 0 Å². The monoisotopic (exact) mass is 306 g/mol. The second-order valence-corrected chi connectivity index (χ2v) is 7.42. The fraction of sp³-hybridized carbons (Fsp3) is 0.647. The van der Waals surface area contributed by atoms with Gasteiger partial charge in [0.1, 0.15) is 5.75 Å². The van der Waals surface area contributed by atoms with Crippen LogP contribution in [0.25, 0.3) is 0 Å². The van der Waals surface area contributed by atoms with Crippen molar-refractivity contribution in [1.29, 1.82) is 0 Å². The number of piperazine rings is 1. The van der Waals surface area contributed by atoms with Gasteiger partial charge in [0, 0.05) is 48.7 Å². The molecule has 2 heterocycles. The molecule has 2 aliphatic heterocycles. The van der Waals surface area contributed by atoms with E-state index < -0.39 is 0 Å².